The Bertz CT molecular complexity index is 202. The van der Waals surface area contributed by atoms with Gasteiger partial charge in [0.2, 0.25) is 5.91 Å². The minimum absolute atomic E-state index is 0.0605. The zero-order chi connectivity index (χ0) is 11.7. The molecule has 1 atom stereocenters. The Hall–Kier alpha value is -0.870. The summed E-state index contributed by atoms with van der Waals surface area (Å²) in [6.07, 6.45) is 4.42. The van der Waals surface area contributed by atoms with Crippen LogP contribution in [0.1, 0.15) is 26.7 Å². The second-order valence-electron chi connectivity index (χ2n) is 3.50. The molecule has 0 saturated heterocycles. The van der Waals surface area contributed by atoms with Gasteiger partial charge in [-0.3, -0.25) is 4.79 Å². The van der Waals surface area contributed by atoms with Crippen molar-refractivity contribution in [3.63, 3.8) is 0 Å². The highest BCUT2D eigenvalue weighted by atomic mass is 16.3. The normalized spacial score (nSPS) is 13.1. The number of aliphatic hydroxyl groups excluding tert-OH is 2. The molecule has 0 radical (unpaired) electrons. The van der Waals surface area contributed by atoms with E-state index in [9.17, 15) is 9.90 Å². The molecule has 1 unspecified atom stereocenters. The molecule has 2 N–H and O–H groups in total. The van der Waals surface area contributed by atoms with Gasteiger partial charge in [0.1, 0.15) is 0 Å². The summed E-state index contributed by atoms with van der Waals surface area (Å²) in [5.41, 5.74) is 0. The summed E-state index contributed by atoms with van der Waals surface area (Å²) in [5.74, 6) is -0.0605. The highest BCUT2D eigenvalue weighted by Gasteiger charge is 2.13. The molecule has 0 aliphatic heterocycles. The van der Waals surface area contributed by atoms with Crippen molar-refractivity contribution in [2.45, 2.75) is 32.8 Å². The Kier molecular flexibility index (Phi) is 7.95. The topological polar surface area (TPSA) is 60.8 Å². The maximum absolute atomic E-state index is 11.6. The summed E-state index contributed by atoms with van der Waals surface area (Å²) < 4.78 is 0. The monoisotopic (exact) mass is 215 g/mol. The van der Waals surface area contributed by atoms with E-state index in [1.807, 2.05) is 19.1 Å². The molecule has 15 heavy (non-hydrogen) atoms. The van der Waals surface area contributed by atoms with Crippen molar-refractivity contribution in [3.8, 4) is 0 Å². The number of nitrogens with zero attached hydrogens (tertiary/aromatic N) is 1. The minimum Gasteiger partial charge on any atom is -0.395 e. The van der Waals surface area contributed by atoms with E-state index >= 15 is 0 Å². The summed E-state index contributed by atoms with van der Waals surface area (Å²) in [4.78, 5) is 13.1. The van der Waals surface area contributed by atoms with Crippen LogP contribution < -0.4 is 0 Å². The SMILES string of the molecule is CC/C=C\CC(=O)N(CCO)CC(C)O. The van der Waals surface area contributed by atoms with Gasteiger partial charge in [-0.05, 0) is 13.3 Å². The Morgan fingerprint density at radius 3 is 2.60 bits per heavy atom. The van der Waals surface area contributed by atoms with Crippen LogP contribution in [-0.4, -0.2) is 46.8 Å². The number of aliphatic hydroxyl groups is 2. The lowest BCUT2D eigenvalue weighted by Crippen LogP contribution is -2.38. The molecular weight excluding hydrogens is 194 g/mol. The highest BCUT2D eigenvalue weighted by Crippen LogP contribution is 1.98. The molecule has 0 saturated carbocycles. The van der Waals surface area contributed by atoms with Crippen molar-refractivity contribution < 1.29 is 15.0 Å². The molecule has 4 heteroatoms. The quantitative estimate of drug-likeness (QED) is 0.609. The van der Waals surface area contributed by atoms with Crippen molar-refractivity contribution in [2.24, 2.45) is 0 Å². The number of rotatable bonds is 7. The number of amides is 1. The van der Waals surface area contributed by atoms with Crippen LogP contribution in [0.3, 0.4) is 0 Å². The molecule has 0 aromatic rings. The maximum atomic E-state index is 11.6. The number of hydrogen-bond acceptors (Lipinski definition) is 3. The largest absolute Gasteiger partial charge is 0.395 e. The van der Waals surface area contributed by atoms with Gasteiger partial charge in [0.05, 0.1) is 12.7 Å². The van der Waals surface area contributed by atoms with Gasteiger partial charge in [0, 0.05) is 19.5 Å². The number of carbonyl (C=O) groups is 1. The fourth-order valence-corrected chi connectivity index (χ4v) is 1.24. The third kappa shape index (κ3) is 7.11. The van der Waals surface area contributed by atoms with Crippen molar-refractivity contribution >= 4 is 5.91 Å². The van der Waals surface area contributed by atoms with Gasteiger partial charge in [0.25, 0.3) is 0 Å². The molecule has 0 aromatic carbocycles. The van der Waals surface area contributed by atoms with E-state index < -0.39 is 6.10 Å². The van der Waals surface area contributed by atoms with Crippen LogP contribution in [0.4, 0.5) is 0 Å². The first kappa shape index (κ1) is 14.1. The van der Waals surface area contributed by atoms with Crippen molar-refractivity contribution in [1.82, 2.24) is 4.90 Å². The standard InChI is InChI=1S/C11H21NO3/c1-3-4-5-6-11(15)12(7-8-13)9-10(2)14/h4-5,10,13-14H,3,6-9H2,1-2H3/b5-4-. The Morgan fingerprint density at radius 2 is 2.13 bits per heavy atom. The summed E-state index contributed by atoms with van der Waals surface area (Å²) in [6.45, 7) is 4.11. The van der Waals surface area contributed by atoms with Gasteiger partial charge in [-0.15, -0.1) is 0 Å². The third-order valence-corrected chi connectivity index (χ3v) is 1.90. The molecule has 0 rings (SSSR count). The number of carbonyl (C=O) groups excluding carboxylic acids is 1. The van der Waals surface area contributed by atoms with E-state index in [0.717, 1.165) is 6.42 Å². The van der Waals surface area contributed by atoms with Gasteiger partial charge < -0.3 is 15.1 Å². The molecule has 0 aromatic heterocycles. The first-order valence-electron chi connectivity index (χ1n) is 5.33. The number of allylic oxidation sites excluding steroid dienone is 1. The zero-order valence-corrected chi connectivity index (χ0v) is 9.52. The van der Waals surface area contributed by atoms with E-state index in [2.05, 4.69) is 0 Å². The molecule has 88 valence electrons. The number of hydrogen-bond donors (Lipinski definition) is 2. The first-order chi connectivity index (χ1) is 7.11. The first-order valence-corrected chi connectivity index (χ1v) is 5.33. The van der Waals surface area contributed by atoms with Crippen molar-refractivity contribution in [1.29, 1.82) is 0 Å². The van der Waals surface area contributed by atoms with Crippen LogP contribution in [0.25, 0.3) is 0 Å². The molecule has 0 fully saturated rings. The van der Waals surface area contributed by atoms with Crippen LogP contribution >= 0.6 is 0 Å². The second kappa shape index (κ2) is 8.44. The molecule has 0 heterocycles. The van der Waals surface area contributed by atoms with Crippen LogP contribution in [-0.2, 0) is 4.79 Å². The fraction of sp³-hybridized carbons (Fsp3) is 0.727. The molecule has 0 aliphatic rings. The average molecular weight is 215 g/mol. The molecule has 0 aliphatic carbocycles. The van der Waals surface area contributed by atoms with Gasteiger partial charge in [0.15, 0.2) is 0 Å². The molecule has 1 amide bonds. The van der Waals surface area contributed by atoms with Crippen LogP contribution in [0.2, 0.25) is 0 Å². The van der Waals surface area contributed by atoms with Gasteiger partial charge >= 0.3 is 0 Å². The highest BCUT2D eigenvalue weighted by molar-refractivity contribution is 5.77. The lowest BCUT2D eigenvalue weighted by molar-refractivity contribution is -0.132. The Labute approximate surface area is 91.2 Å². The summed E-state index contributed by atoms with van der Waals surface area (Å²) >= 11 is 0. The van der Waals surface area contributed by atoms with Crippen molar-refractivity contribution in [2.75, 3.05) is 19.7 Å². The van der Waals surface area contributed by atoms with Gasteiger partial charge in [-0.25, -0.2) is 0 Å². The van der Waals surface area contributed by atoms with Crippen LogP contribution in [0.5, 0.6) is 0 Å². The third-order valence-electron chi connectivity index (χ3n) is 1.90. The summed E-state index contributed by atoms with van der Waals surface area (Å²) in [5, 5.41) is 18.0. The molecule has 0 bridgehead atoms. The van der Waals surface area contributed by atoms with Crippen LogP contribution in [0, 0.1) is 0 Å². The molecule has 4 nitrogen and oxygen atoms in total. The van der Waals surface area contributed by atoms with E-state index in [4.69, 9.17) is 5.11 Å². The van der Waals surface area contributed by atoms with Crippen LogP contribution in [0.15, 0.2) is 12.2 Å². The molecular formula is C11H21NO3. The lowest BCUT2D eigenvalue weighted by Gasteiger charge is -2.22. The fourth-order valence-electron chi connectivity index (χ4n) is 1.24. The minimum atomic E-state index is -0.560. The van der Waals surface area contributed by atoms with E-state index in [-0.39, 0.29) is 25.6 Å². The Balaban J connectivity index is 4.09. The zero-order valence-electron chi connectivity index (χ0n) is 9.52. The van der Waals surface area contributed by atoms with E-state index in [1.54, 1.807) is 6.92 Å². The summed E-state index contributed by atoms with van der Waals surface area (Å²) in [7, 11) is 0. The van der Waals surface area contributed by atoms with Crippen molar-refractivity contribution in [3.05, 3.63) is 12.2 Å². The summed E-state index contributed by atoms with van der Waals surface area (Å²) in [6, 6.07) is 0. The molecule has 0 spiro atoms. The van der Waals surface area contributed by atoms with E-state index in [1.165, 1.54) is 4.90 Å². The maximum Gasteiger partial charge on any atom is 0.226 e. The average Bonchev–Trinajstić information content (AvgIpc) is 2.17. The predicted octanol–water partition coefficient (Wildman–Crippen LogP) is 0.544. The predicted molar refractivity (Wildman–Crippen MR) is 59.4 cm³/mol. The van der Waals surface area contributed by atoms with Gasteiger partial charge in [-0.1, -0.05) is 19.1 Å². The Morgan fingerprint density at radius 1 is 1.47 bits per heavy atom. The lowest BCUT2D eigenvalue weighted by atomic mass is 10.2. The smallest absolute Gasteiger partial charge is 0.226 e. The second-order valence-corrected chi connectivity index (χ2v) is 3.50. The van der Waals surface area contributed by atoms with E-state index in [0.29, 0.717) is 6.42 Å². The van der Waals surface area contributed by atoms with Gasteiger partial charge in [-0.2, -0.15) is 0 Å².